The molecule has 1 amide bonds. The number of hydrogen-bond acceptors (Lipinski definition) is 3. The van der Waals surface area contributed by atoms with Gasteiger partial charge >= 0.3 is 0 Å². The highest BCUT2D eigenvalue weighted by Crippen LogP contribution is 2.36. The molecule has 1 heterocycles. The number of carbonyl (C=O) groups excluding carboxylic acids is 1. The van der Waals surface area contributed by atoms with Gasteiger partial charge in [0.15, 0.2) is 0 Å². The smallest absolute Gasteiger partial charge is 0.240 e. The summed E-state index contributed by atoms with van der Waals surface area (Å²) < 4.78 is 0. The molecule has 21 heavy (non-hydrogen) atoms. The van der Waals surface area contributed by atoms with E-state index in [4.69, 9.17) is 5.73 Å². The first kappa shape index (κ1) is 15.8. The normalized spacial score (nSPS) is 17.9. The monoisotopic (exact) mass is 289 g/mol. The molecule has 1 aromatic carbocycles. The molecule has 2 rings (SSSR count). The molecule has 116 valence electrons. The van der Waals surface area contributed by atoms with Gasteiger partial charge in [0.25, 0.3) is 0 Å². The number of nitrogens with zero attached hydrogens (tertiary/aromatic N) is 2. The van der Waals surface area contributed by atoms with Gasteiger partial charge in [0.1, 0.15) is 0 Å². The van der Waals surface area contributed by atoms with E-state index in [1.807, 2.05) is 31.3 Å². The predicted molar refractivity (Wildman–Crippen MR) is 88.3 cm³/mol. The zero-order chi connectivity index (χ0) is 15.5. The molecule has 1 fully saturated rings. The van der Waals surface area contributed by atoms with Crippen LogP contribution in [0.2, 0.25) is 0 Å². The summed E-state index contributed by atoms with van der Waals surface area (Å²) in [4.78, 5) is 16.4. The molecule has 1 aliphatic heterocycles. The molecule has 1 aliphatic rings. The van der Waals surface area contributed by atoms with Gasteiger partial charge in [0, 0.05) is 25.0 Å². The van der Waals surface area contributed by atoms with Crippen molar-refractivity contribution in [3.8, 4) is 0 Å². The quantitative estimate of drug-likeness (QED) is 0.848. The van der Waals surface area contributed by atoms with E-state index >= 15 is 0 Å². The van der Waals surface area contributed by atoms with Gasteiger partial charge in [0.05, 0.1) is 6.54 Å². The summed E-state index contributed by atoms with van der Waals surface area (Å²) in [6, 6.07) is 7.43. The largest absolute Gasteiger partial charge is 0.399 e. The summed E-state index contributed by atoms with van der Waals surface area (Å²) in [5.41, 5.74) is 7.71. The average molecular weight is 289 g/mol. The van der Waals surface area contributed by atoms with E-state index in [9.17, 15) is 4.79 Å². The molecule has 2 N–H and O–H groups in total. The molecule has 0 saturated carbocycles. The van der Waals surface area contributed by atoms with Crippen LogP contribution in [0.25, 0.3) is 0 Å². The molecule has 0 aliphatic carbocycles. The second-order valence-electron chi connectivity index (χ2n) is 6.21. The molecule has 1 saturated heterocycles. The van der Waals surface area contributed by atoms with E-state index in [0.29, 0.717) is 12.0 Å². The molecule has 0 unspecified atom stereocenters. The fraction of sp³-hybridized carbons (Fsp3) is 0.588. The summed E-state index contributed by atoms with van der Waals surface area (Å²) in [6.45, 7) is 7.09. The number of benzene rings is 1. The molecule has 4 nitrogen and oxygen atoms in total. The van der Waals surface area contributed by atoms with Crippen molar-refractivity contribution < 1.29 is 4.79 Å². The number of nitrogens with two attached hydrogens (primary N) is 1. The number of amides is 1. The number of rotatable bonds is 5. The lowest BCUT2D eigenvalue weighted by Crippen LogP contribution is -2.38. The molecular weight excluding hydrogens is 262 g/mol. The van der Waals surface area contributed by atoms with E-state index in [2.05, 4.69) is 18.7 Å². The molecule has 1 aromatic rings. The summed E-state index contributed by atoms with van der Waals surface area (Å²) in [7, 11) is 1.83. The van der Waals surface area contributed by atoms with E-state index in [1.165, 1.54) is 19.3 Å². The van der Waals surface area contributed by atoms with Crippen molar-refractivity contribution in [2.24, 2.45) is 5.41 Å². The summed E-state index contributed by atoms with van der Waals surface area (Å²) in [5.74, 6) is 0.141. The molecule has 4 heteroatoms. The molecule has 0 radical (unpaired) electrons. The minimum absolute atomic E-state index is 0.141. The maximum absolute atomic E-state index is 12.4. The molecular formula is C17H27N3O. The Labute approximate surface area is 127 Å². The van der Waals surface area contributed by atoms with Gasteiger partial charge in [0.2, 0.25) is 5.91 Å². The Balaban J connectivity index is 1.94. The third-order valence-electron chi connectivity index (χ3n) is 5.03. The van der Waals surface area contributed by atoms with Gasteiger partial charge in [-0.3, -0.25) is 9.69 Å². The zero-order valence-corrected chi connectivity index (χ0v) is 13.4. The van der Waals surface area contributed by atoms with Crippen LogP contribution in [0.15, 0.2) is 24.3 Å². The number of nitrogen functional groups attached to an aromatic ring is 1. The number of likely N-dealkylation sites (N-methyl/N-ethyl adjacent to an activating group) is 1. The highest BCUT2D eigenvalue weighted by atomic mass is 16.2. The number of anilines is 2. The van der Waals surface area contributed by atoms with Gasteiger partial charge in [-0.25, -0.2) is 0 Å². The summed E-state index contributed by atoms with van der Waals surface area (Å²) in [5, 5.41) is 0. The second-order valence-corrected chi connectivity index (χ2v) is 6.21. The topological polar surface area (TPSA) is 49.6 Å². The number of likely N-dealkylation sites (tertiary alicyclic amines) is 1. The maximum Gasteiger partial charge on any atom is 0.240 e. The van der Waals surface area contributed by atoms with Crippen molar-refractivity contribution in [1.82, 2.24) is 4.90 Å². The third kappa shape index (κ3) is 3.56. The van der Waals surface area contributed by atoms with Gasteiger partial charge in [-0.2, -0.15) is 0 Å². The Morgan fingerprint density at radius 1 is 1.29 bits per heavy atom. The van der Waals surface area contributed by atoms with Crippen molar-refractivity contribution >= 4 is 17.3 Å². The molecule has 0 aromatic heterocycles. The fourth-order valence-electron chi connectivity index (χ4n) is 3.13. The minimum atomic E-state index is 0.141. The Kier molecular flexibility index (Phi) is 4.88. The molecule has 0 bridgehead atoms. The molecule has 0 atom stereocenters. The maximum atomic E-state index is 12.4. The van der Waals surface area contributed by atoms with Crippen LogP contribution in [-0.4, -0.2) is 37.5 Å². The number of carbonyl (C=O) groups is 1. The van der Waals surface area contributed by atoms with Crippen LogP contribution in [0.3, 0.4) is 0 Å². The van der Waals surface area contributed by atoms with Gasteiger partial charge in [-0.05, 0) is 55.5 Å². The van der Waals surface area contributed by atoms with Crippen LogP contribution >= 0.6 is 0 Å². The Hall–Kier alpha value is -1.55. The SMILES string of the molecule is CCC1(CC)CCN(CC(=O)N(C)c2ccc(N)cc2)C1. The fourth-order valence-corrected chi connectivity index (χ4v) is 3.13. The average Bonchev–Trinajstić information content (AvgIpc) is 2.91. The second kappa shape index (κ2) is 6.48. The van der Waals surface area contributed by atoms with E-state index in [-0.39, 0.29) is 5.91 Å². The van der Waals surface area contributed by atoms with Crippen LogP contribution in [0.1, 0.15) is 33.1 Å². The Morgan fingerprint density at radius 3 is 2.43 bits per heavy atom. The van der Waals surface area contributed by atoms with Crippen molar-refractivity contribution in [2.75, 3.05) is 37.3 Å². The predicted octanol–water partition coefficient (Wildman–Crippen LogP) is 2.74. The van der Waals surface area contributed by atoms with Gasteiger partial charge in [-0.1, -0.05) is 13.8 Å². The van der Waals surface area contributed by atoms with Crippen molar-refractivity contribution in [3.05, 3.63) is 24.3 Å². The van der Waals surface area contributed by atoms with E-state index < -0.39 is 0 Å². The van der Waals surface area contributed by atoms with Gasteiger partial charge < -0.3 is 10.6 Å². The van der Waals surface area contributed by atoms with Crippen LogP contribution < -0.4 is 10.6 Å². The van der Waals surface area contributed by atoms with Crippen LogP contribution in [0.4, 0.5) is 11.4 Å². The lowest BCUT2D eigenvalue weighted by atomic mass is 9.82. The summed E-state index contributed by atoms with van der Waals surface area (Å²) in [6.07, 6.45) is 3.60. The summed E-state index contributed by atoms with van der Waals surface area (Å²) >= 11 is 0. The lowest BCUT2D eigenvalue weighted by Gasteiger charge is -2.27. The van der Waals surface area contributed by atoms with Crippen LogP contribution in [-0.2, 0) is 4.79 Å². The van der Waals surface area contributed by atoms with Crippen LogP contribution in [0.5, 0.6) is 0 Å². The molecule has 0 spiro atoms. The first-order chi connectivity index (χ1) is 9.99. The van der Waals surface area contributed by atoms with Crippen molar-refractivity contribution in [1.29, 1.82) is 0 Å². The lowest BCUT2D eigenvalue weighted by molar-refractivity contribution is -0.119. The third-order valence-corrected chi connectivity index (χ3v) is 5.03. The highest BCUT2D eigenvalue weighted by molar-refractivity contribution is 5.94. The van der Waals surface area contributed by atoms with Crippen molar-refractivity contribution in [2.45, 2.75) is 33.1 Å². The van der Waals surface area contributed by atoms with E-state index in [0.717, 1.165) is 24.5 Å². The van der Waals surface area contributed by atoms with Crippen LogP contribution in [0, 0.1) is 5.41 Å². The van der Waals surface area contributed by atoms with Crippen molar-refractivity contribution in [3.63, 3.8) is 0 Å². The highest BCUT2D eigenvalue weighted by Gasteiger charge is 2.35. The Bertz CT molecular complexity index is 479. The van der Waals surface area contributed by atoms with Gasteiger partial charge in [-0.15, -0.1) is 0 Å². The van der Waals surface area contributed by atoms with E-state index in [1.54, 1.807) is 4.90 Å². The Morgan fingerprint density at radius 2 is 1.90 bits per heavy atom. The minimum Gasteiger partial charge on any atom is -0.399 e. The zero-order valence-electron chi connectivity index (χ0n) is 13.4. The standard InChI is InChI=1S/C17H27N3O/c1-4-17(5-2)10-11-20(13-17)12-16(21)19(3)15-8-6-14(18)7-9-15/h6-9H,4-5,10-13,18H2,1-3H3. The first-order valence-electron chi connectivity index (χ1n) is 7.84. The first-order valence-corrected chi connectivity index (χ1v) is 7.84. The number of hydrogen-bond donors (Lipinski definition) is 1.